The van der Waals surface area contributed by atoms with E-state index in [0.717, 1.165) is 54.8 Å². The van der Waals surface area contributed by atoms with Gasteiger partial charge in [-0.25, -0.2) is 9.07 Å². The minimum Gasteiger partial charge on any atom is -0.308 e. The van der Waals surface area contributed by atoms with Gasteiger partial charge >= 0.3 is 0 Å². The van der Waals surface area contributed by atoms with Crippen LogP contribution in [0, 0.1) is 21.8 Å². The zero-order chi connectivity index (χ0) is 33.3. The summed E-state index contributed by atoms with van der Waals surface area (Å²) >= 11 is 0. The van der Waals surface area contributed by atoms with Crippen molar-refractivity contribution in [3.8, 4) is 11.1 Å². The molecule has 6 aromatic rings. The van der Waals surface area contributed by atoms with Crippen molar-refractivity contribution in [2.45, 2.75) is 18.4 Å². The Morgan fingerprint density at radius 1 is 0.833 bits per heavy atom. The van der Waals surface area contributed by atoms with Gasteiger partial charge in [-0.3, -0.25) is 14.9 Å². The maximum absolute atomic E-state index is 15.2. The molecule has 1 saturated heterocycles. The normalized spacial score (nSPS) is 14.2. The molecule has 1 aliphatic heterocycles. The molecule has 0 bridgehead atoms. The van der Waals surface area contributed by atoms with Crippen LogP contribution in [-0.4, -0.2) is 45.6 Å². The molecule has 0 atom stereocenters. The van der Waals surface area contributed by atoms with Crippen molar-refractivity contribution >= 4 is 28.3 Å². The van der Waals surface area contributed by atoms with Gasteiger partial charge in [-0.15, -0.1) is 0 Å². The van der Waals surface area contributed by atoms with Crippen molar-refractivity contribution in [2.75, 3.05) is 25.5 Å². The fourth-order valence-corrected chi connectivity index (χ4v) is 6.88. The van der Waals surface area contributed by atoms with Gasteiger partial charge < -0.3 is 10.2 Å². The predicted molar refractivity (Wildman–Crippen MR) is 185 cm³/mol. The van der Waals surface area contributed by atoms with Crippen molar-refractivity contribution in [3.05, 3.63) is 160 Å². The average Bonchev–Trinajstić information content (AvgIpc) is 3.47. The van der Waals surface area contributed by atoms with Crippen LogP contribution in [0.25, 0.3) is 22.0 Å². The van der Waals surface area contributed by atoms with E-state index in [9.17, 15) is 14.9 Å². The molecular weight excluding hydrogens is 605 g/mol. The minimum atomic E-state index is -0.975. The molecule has 0 saturated carbocycles. The van der Waals surface area contributed by atoms with E-state index in [2.05, 4.69) is 46.6 Å². The molecule has 5 aromatic carbocycles. The highest BCUT2D eigenvalue weighted by Gasteiger charge is 2.41. The van der Waals surface area contributed by atoms with Crippen LogP contribution in [0.2, 0.25) is 0 Å². The number of amides is 1. The highest BCUT2D eigenvalue weighted by Crippen LogP contribution is 2.44. The summed E-state index contributed by atoms with van der Waals surface area (Å²) in [6.45, 7) is 1.64. The summed E-state index contributed by atoms with van der Waals surface area (Å²) in [7, 11) is 2.05. The van der Waals surface area contributed by atoms with E-state index >= 15 is 4.39 Å². The van der Waals surface area contributed by atoms with Crippen LogP contribution in [0.5, 0.6) is 0 Å². The quantitative estimate of drug-likeness (QED) is 0.104. The number of non-ortho nitro benzene ring substituents is 1. The SMILES string of the molecule is CN1CCC(C(=O)Nc2nn(C(c3ccccc3)(c3ccccc3)c3ccccc3)c3ccc(-c4cc([N+](=O)[O-])ccc4F)cc23)CC1. The molecule has 8 nitrogen and oxygen atoms in total. The van der Waals surface area contributed by atoms with Crippen LogP contribution in [-0.2, 0) is 10.3 Å². The van der Waals surface area contributed by atoms with Crippen molar-refractivity contribution in [3.63, 3.8) is 0 Å². The third-order valence-electron chi connectivity index (χ3n) is 9.37. The molecule has 7 rings (SSSR count). The molecule has 0 aliphatic carbocycles. The van der Waals surface area contributed by atoms with Crippen molar-refractivity contribution in [2.24, 2.45) is 5.92 Å². The first-order chi connectivity index (χ1) is 23.4. The first-order valence-electron chi connectivity index (χ1n) is 16.0. The standard InChI is InChI=1S/C39H34FN5O3/c1-43-23-21-27(22-24-43)38(46)41-37-34-25-28(33-26-32(45(47)48)18-19-35(33)40)17-20-36(34)44(42-37)39(29-11-5-2-6-12-29,30-13-7-3-8-14-30)31-15-9-4-10-16-31/h2-20,25-27H,21-24H2,1H3,(H,41,42,46). The van der Waals surface area contributed by atoms with Crippen LogP contribution >= 0.6 is 0 Å². The second kappa shape index (κ2) is 12.8. The van der Waals surface area contributed by atoms with E-state index in [4.69, 9.17) is 5.10 Å². The van der Waals surface area contributed by atoms with Gasteiger partial charge in [-0.2, -0.15) is 5.10 Å². The number of carbonyl (C=O) groups is 1. The van der Waals surface area contributed by atoms with Gasteiger partial charge in [0.15, 0.2) is 5.82 Å². The van der Waals surface area contributed by atoms with Crippen molar-refractivity contribution in [1.29, 1.82) is 0 Å². The monoisotopic (exact) mass is 639 g/mol. The Balaban J connectivity index is 1.50. The summed E-state index contributed by atoms with van der Waals surface area (Å²) in [5.41, 5.74) is 2.89. The summed E-state index contributed by atoms with van der Waals surface area (Å²) in [6.07, 6.45) is 1.46. The van der Waals surface area contributed by atoms with Crippen molar-refractivity contribution in [1.82, 2.24) is 14.7 Å². The van der Waals surface area contributed by atoms with Crippen LogP contribution in [0.1, 0.15) is 29.5 Å². The van der Waals surface area contributed by atoms with Crippen LogP contribution in [0.15, 0.2) is 127 Å². The van der Waals surface area contributed by atoms with E-state index in [-0.39, 0.29) is 23.1 Å². The van der Waals surface area contributed by atoms with Gasteiger partial charge in [0.1, 0.15) is 11.4 Å². The Morgan fingerprint density at radius 2 is 1.40 bits per heavy atom. The molecule has 1 fully saturated rings. The average molecular weight is 640 g/mol. The molecule has 0 unspecified atom stereocenters. The number of rotatable bonds is 8. The molecule has 1 aromatic heterocycles. The maximum Gasteiger partial charge on any atom is 0.270 e. The summed E-state index contributed by atoms with van der Waals surface area (Å²) in [4.78, 5) is 27.1. The summed E-state index contributed by atoms with van der Waals surface area (Å²) < 4.78 is 17.2. The number of halogens is 1. The van der Waals surface area contributed by atoms with E-state index in [1.54, 1.807) is 12.1 Å². The zero-order valence-corrected chi connectivity index (χ0v) is 26.4. The largest absolute Gasteiger partial charge is 0.308 e. The third kappa shape index (κ3) is 5.52. The summed E-state index contributed by atoms with van der Waals surface area (Å²) in [5.74, 6) is -0.544. The van der Waals surface area contributed by atoms with Crippen LogP contribution in [0.4, 0.5) is 15.9 Å². The molecule has 1 aliphatic rings. The highest BCUT2D eigenvalue weighted by molar-refractivity contribution is 6.02. The van der Waals surface area contributed by atoms with E-state index in [1.165, 1.54) is 6.07 Å². The molecule has 1 N–H and O–H groups in total. The second-order valence-corrected chi connectivity index (χ2v) is 12.3. The molecule has 48 heavy (non-hydrogen) atoms. The lowest BCUT2D eigenvalue weighted by Gasteiger charge is -2.37. The van der Waals surface area contributed by atoms with Gasteiger partial charge in [0.2, 0.25) is 5.91 Å². The fraction of sp³-hybridized carbons (Fsp3) is 0.179. The van der Waals surface area contributed by atoms with E-state index < -0.39 is 16.3 Å². The number of nitrogens with zero attached hydrogens (tertiary/aromatic N) is 4. The number of hydrogen-bond donors (Lipinski definition) is 1. The van der Waals surface area contributed by atoms with Gasteiger partial charge in [0.05, 0.1) is 10.4 Å². The number of nitrogens with one attached hydrogen (secondary N) is 1. The van der Waals surface area contributed by atoms with Gasteiger partial charge in [0, 0.05) is 29.0 Å². The van der Waals surface area contributed by atoms with Crippen LogP contribution < -0.4 is 5.32 Å². The predicted octanol–water partition coefficient (Wildman–Crippen LogP) is 7.87. The maximum atomic E-state index is 15.2. The Bertz CT molecular complexity index is 2000. The number of piperidine rings is 1. The molecule has 0 radical (unpaired) electrons. The number of nitro benzene ring substituents is 1. The molecular formula is C39H34FN5O3. The lowest BCUT2D eigenvalue weighted by molar-refractivity contribution is -0.384. The number of nitro groups is 1. The first kappa shape index (κ1) is 31.0. The lowest BCUT2D eigenvalue weighted by Crippen LogP contribution is -2.39. The Kier molecular flexibility index (Phi) is 8.29. The smallest absolute Gasteiger partial charge is 0.270 e. The van der Waals surface area contributed by atoms with Gasteiger partial charge in [0.25, 0.3) is 5.69 Å². The number of benzene rings is 5. The number of hydrogen-bond acceptors (Lipinski definition) is 5. The summed E-state index contributed by atoms with van der Waals surface area (Å²) in [5, 5.41) is 20.5. The number of aromatic nitrogens is 2. The first-order valence-corrected chi connectivity index (χ1v) is 16.0. The van der Waals surface area contributed by atoms with E-state index in [0.29, 0.717) is 22.3 Å². The Morgan fingerprint density at radius 3 is 1.94 bits per heavy atom. The zero-order valence-electron chi connectivity index (χ0n) is 26.4. The number of carbonyl (C=O) groups excluding carboxylic acids is 1. The molecule has 2 heterocycles. The van der Waals surface area contributed by atoms with Crippen LogP contribution in [0.3, 0.4) is 0 Å². The number of fused-ring (bicyclic) bond motifs is 1. The Labute approximate surface area is 277 Å². The minimum absolute atomic E-state index is 0.0897. The number of likely N-dealkylation sites (tertiary alicyclic amines) is 1. The van der Waals surface area contributed by atoms with E-state index in [1.807, 2.05) is 72.4 Å². The topological polar surface area (TPSA) is 93.3 Å². The highest BCUT2D eigenvalue weighted by atomic mass is 19.1. The van der Waals surface area contributed by atoms with Crippen molar-refractivity contribution < 1.29 is 14.1 Å². The van der Waals surface area contributed by atoms with Gasteiger partial charge in [-0.1, -0.05) is 97.1 Å². The lowest BCUT2D eigenvalue weighted by atomic mass is 9.77. The number of anilines is 1. The molecule has 1 amide bonds. The second-order valence-electron chi connectivity index (χ2n) is 12.3. The molecule has 240 valence electrons. The fourth-order valence-electron chi connectivity index (χ4n) is 6.88. The van der Waals surface area contributed by atoms with Gasteiger partial charge in [-0.05, 0) is 73.4 Å². The Hall–Kier alpha value is -5.67. The molecule has 0 spiro atoms. The molecule has 9 heteroatoms. The third-order valence-corrected chi connectivity index (χ3v) is 9.37. The summed E-state index contributed by atoms with van der Waals surface area (Å²) in [6, 6.07) is 39.1.